The molecule has 0 fully saturated rings. The molecular weight excluding hydrogens is 210 g/mol. The van der Waals surface area contributed by atoms with Crippen LogP contribution >= 0.6 is 0 Å². The summed E-state index contributed by atoms with van der Waals surface area (Å²) >= 11 is 0. The van der Waals surface area contributed by atoms with Crippen molar-refractivity contribution >= 4 is 11.0 Å². The highest BCUT2D eigenvalue weighted by Gasteiger charge is 2.11. The van der Waals surface area contributed by atoms with Crippen molar-refractivity contribution in [3.63, 3.8) is 0 Å². The lowest BCUT2D eigenvalue weighted by Gasteiger charge is -2.07. The molecule has 2 rings (SSSR count). The molecular formula is C15H21NO. The lowest BCUT2D eigenvalue weighted by atomic mass is 10.1. The van der Waals surface area contributed by atoms with E-state index >= 15 is 0 Å². The summed E-state index contributed by atoms with van der Waals surface area (Å²) in [6.45, 7) is 2.22. The number of para-hydroxylation sites is 1. The molecule has 2 heteroatoms. The first-order chi connectivity index (χ1) is 8.31. The first-order valence-electron chi connectivity index (χ1n) is 6.55. The van der Waals surface area contributed by atoms with Crippen LogP contribution in [0.25, 0.3) is 11.0 Å². The van der Waals surface area contributed by atoms with E-state index in [9.17, 15) is 0 Å². The second-order valence-electron chi connectivity index (χ2n) is 4.64. The van der Waals surface area contributed by atoms with E-state index in [1.165, 1.54) is 25.7 Å². The van der Waals surface area contributed by atoms with Gasteiger partial charge in [0, 0.05) is 5.39 Å². The van der Waals surface area contributed by atoms with E-state index in [0.29, 0.717) is 0 Å². The molecule has 1 heterocycles. The molecule has 0 radical (unpaired) electrons. The van der Waals surface area contributed by atoms with Crippen molar-refractivity contribution in [2.75, 3.05) is 0 Å². The molecule has 17 heavy (non-hydrogen) atoms. The van der Waals surface area contributed by atoms with Crippen molar-refractivity contribution in [3.05, 3.63) is 36.1 Å². The lowest BCUT2D eigenvalue weighted by Crippen LogP contribution is -2.08. The van der Waals surface area contributed by atoms with E-state index in [1.807, 2.05) is 18.2 Å². The van der Waals surface area contributed by atoms with Crippen LogP contribution in [0, 0.1) is 0 Å². The van der Waals surface area contributed by atoms with Crippen LogP contribution < -0.4 is 5.73 Å². The van der Waals surface area contributed by atoms with Crippen molar-refractivity contribution < 1.29 is 4.42 Å². The standard InChI is InChI=1S/C15H21NO/c1-2-3-4-5-9-13(16)15-11-12-8-6-7-10-14(12)17-15/h6-8,10-11,13H,2-5,9,16H2,1H3. The molecule has 0 spiro atoms. The van der Waals surface area contributed by atoms with Gasteiger partial charge in [-0.15, -0.1) is 0 Å². The zero-order chi connectivity index (χ0) is 12.1. The first-order valence-corrected chi connectivity index (χ1v) is 6.55. The summed E-state index contributed by atoms with van der Waals surface area (Å²) < 4.78 is 5.76. The summed E-state index contributed by atoms with van der Waals surface area (Å²) in [5.41, 5.74) is 7.08. The van der Waals surface area contributed by atoms with Gasteiger partial charge in [-0.3, -0.25) is 0 Å². The molecule has 2 aromatic rings. The Labute approximate surface area is 103 Å². The van der Waals surface area contributed by atoms with Gasteiger partial charge in [0.2, 0.25) is 0 Å². The molecule has 0 aliphatic heterocycles. The highest BCUT2D eigenvalue weighted by atomic mass is 16.3. The molecule has 1 atom stereocenters. The molecule has 0 bridgehead atoms. The summed E-state index contributed by atoms with van der Waals surface area (Å²) in [7, 11) is 0. The minimum atomic E-state index is 0.0410. The molecule has 2 N–H and O–H groups in total. The smallest absolute Gasteiger partial charge is 0.134 e. The van der Waals surface area contributed by atoms with Crippen molar-refractivity contribution in [1.82, 2.24) is 0 Å². The average Bonchev–Trinajstić information content (AvgIpc) is 2.78. The van der Waals surface area contributed by atoms with Crippen molar-refractivity contribution in [2.24, 2.45) is 5.73 Å². The van der Waals surface area contributed by atoms with E-state index < -0.39 is 0 Å². The van der Waals surface area contributed by atoms with Crippen molar-refractivity contribution in [3.8, 4) is 0 Å². The topological polar surface area (TPSA) is 39.2 Å². The van der Waals surface area contributed by atoms with Crippen LogP contribution in [0.4, 0.5) is 0 Å². The van der Waals surface area contributed by atoms with Crippen LogP contribution in [-0.2, 0) is 0 Å². The number of furan rings is 1. The van der Waals surface area contributed by atoms with Gasteiger partial charge in [-0.2, -0.15) is 0 Å². The van der Waals surface area contributed by atoms with Crippen molar-refractivity contribution in [1.29, 1.82) is 0 Å². The largest absolute Gasteiger partial charge is 0.459 e. The Morgan fingerprint density at radius 3 is 2.76 bits per heavy atom. The maximum absolute atomic E-state index is 6.15. The third-order valence-electron chi connectivity index (χ3n) is 3.18. The Bertz CT molecular complexity index is 428. The average molecular weight is 231 g/mol. The summed E-state index contributed by atoms with van der Waals surface area (Å²) in [5.74, 6) is 0.919. The lowest BCUT2D eigenvalue weighted by molar-refractivity contribution is 0.461. The maximum atomic E-state index is 6.15. The zero-order valence-corrected chi connectivity index (χ0v) is 10.5. The highest BCUT2D eigenvalue weighted by Crippen LogP contribution is 2.25. The van der Waals surface area contributed by atoms with Crippen LogP contribution in [0.3, 0.4) is 0 Å². The van der Waals surface area contributed by atoms with Gasteiger partial charge in [0.05, 0.1) is 6.04 Å². The fraction of sp³-hybridized carbons (Fsp3) is 0.467. The van der Waals surface area contributed by atoms with Gasteiger partial charge >= 0.3 is 0 Å². The summed E-state index contributed by atoms with van der Waals surface area (Å²) in [6, 6.07) is 10.2. The van der Waals surface area contributed by atoms with E-state index in [0.717, 1.165) is 23.2 Å². The van der Waals surface area contributed by atoms with Crippen LogP contribution in [0.5, 0.6) is 0 Å². The van der Waals surface area contributed by atoms with Crippen LogP contribution in [0.15, 0.2) is 34.7 Å². The second-order valence-corrected chi connectivity index (χ2v) is 4.64. The Morgan fingerprint density at radius 2 is 2.00 bits per heavy atom. The number of hydrogen-bond acceptors (Lipinski definition) is 2. The molecule has 0 aliphatic carbocycles. The predicted molar refractivity (Wildman–Crippen MR) is 71.9 cm³/mol. The fourth-order valence-corrected chi connectivity index (χ4v) is 2.12. The van der Waals surface area contributed by atoms with Gasteiger partial charge in [-0.1, -0.05) is 50.8 Å². The van der Waals surface area contributed by atoms with Gasteiger partial charge in [-0.05, 0) is 18.6 Å². The molecule has 1 aromatic heterocycles. The fourth-order valence-electron chi connectivity index (χ4n) is 2.12. The van der Waals surface area contributed by atoms with E-state index in [2.05, 4.69) is 19.1 Å². The molecule has 0 saturated heterocycles. The van der Waals surface area contributed by atoms with Gasteiger partial charge in [0.25, 0.3) is 0 Å². The summed E-state index contributed by atoms with van der Waals surface area (Å²) in [4.78, 5) is 0. The normalized spacial score (nSPS) is 13.1. The first kappa shape index (κ1) is 12.2. The SMILES string of the molecule is CCCCCCC(N)c1cc2ccccc2o1. The number of rotatable bonds is 6. The van der Waals surface area contributed by atoms with E-state index in [1.54, 1.807) is 0 Å². The molecule has 1 unspecified atom stereocenters. The Kier molecular flexibility index (Phi) is 4.21. The third-order valence-corrected chi connectivity index (χ3v) is 3.18. The molecule has 0 aliphatic rings. The van der Waals surface area contributed by atoms with Crippen LogP contribution in [-0.4, -0.2) is 0 Å². The van der Waals surface area contributed by atoms with Gasteiger partial charge in [0.15, 0.2) is 0 Å². The molecule has 2 nitrogen and oxygen atoms in total. The quantitative estimate of drug-likeness (QED) is 0.748. The third kappa shape index (κ3) is 3.10. The number of fused-ring (bicyclic) bond motifs is 1. The van der Waals surface area contributed by atoms with Crippen molar-refractivity contribution in [2.45, 2.75) is 45.1 Å². The Morgan fingerprint density at radius 1 is 1.18 bits per heavy atom. The molecule has 92 valence electrons. The van der Waals surface area contributed by atoms with Gasteiger partial charge < -0.3 is 10.2 Å². The predicted octanol–water partition coefficient (Wildman–Crippen LogP) is 4.40. The highest BCUT2D eigenvalue weighted by molar-refractivity contribution is 5.77. The van der Waals surface area contributed by atoms with Crippen LogP contribution in [0.2, 0.25) is 0 Å². The number of nitrogens with two attached hydrogens (primary N) is 1. The maximum Gasteiger partial charge on any atom is 0.134 e. The number of hydrogen-bond donors (Lipinski definition) is 1. The second kappa shape index (κ2) is 5.87. The van der Waals surface area contributed by atoms with Gasteiger partial charge in [0.1, 0.15) is 11.3 Å². The Hall–Kier alpha value is -1.28. The summed E-state index contributed by atoms with van der Waals surface area (Å²) in [6.07, 6.45) is 6.03. The van der Waals surface area contributed by atoms with E-state index in [-0.39, 0.29) is 6.04 Å². The van der Waals surface area contributed by atoms with Gasteiger partial charge in [-0.25, -0.2) is 0 Å². The van der Waals surface area contributed by atoms with Crippen LogP contribution in [0.1, 0.15) is 50.8 Å². The number of unbranched alkanes of at least 4 members (excludes halogenated alkanes) is 3. The summed E-state index contributed by atoms with van der Waals surface area (Å²) in [5, 5.41) is 1.14. The van der Waals surface area contributed by atoms with E-state index in [4.69, 9.17) is 10.2 Å². The molecule has 0 amide bonds. The minimum Gasteiger partial charge on any atom is -0.459 e. The monoisotopic (exact) mass is 231 g/mol. The molecule has 1 aromatic carbocycles. The Balaban J connectivity index is 1.96. The molecule has 0 saturated carbocycles. The zero-order valence-electron chi connectivity index (χ0n) is 10.5. The minimum absolute atomic E-state index is 0.0410. The number of benzene rings is 1.